The molecule has 0 unspecified atom stereocenters. The van der Waals surface area contributed by atoms with E-state index in [2.05, 4.69) is 0 Å². The lowest BCUT2D eigenvalue weighted by atomic mass is 10.1. The van der Waals surface area contributed by atoms with Crippen LogP contribution in [-0.4, -0.2) is 51.4 Å². The summed E-state index contributed by atoms with van der Waals surface area (Å²) >= 11 is 0. The summed E-state index contributed by atoms with van der Waals surface area (Å²) in [6, 6.07) is 14.7. The number of allylic oxidation sites excluding steroid dienone is 1. The molecule has 1 aliphatic rings. The minimum absolute atomic E-state index is 0.00762. The van der Waals surface area contributed by atoms with Gasteiger partial charge in [-0.25, -0.2) is 4.79 Å². The van der Waals surface area contributed by atoms with Crippen LogP contribution in [0.1, 0.15) is 41.4 Å². The van der Waals surface area contributed by atoms with Crippen molar-refractivity contribution in [3.8, 4) is 5.75 Å². The van der Waals surface area contributed by atoms with Crippen LogP contribution < -0.4 is 10.5 Å². The fraction of sp³-hybridized carbons (Fsp3) is 0.269. The van der Waals surface area contributed by atoms with Crippen LogP contribution in [0.15, 0.2) is 54.6 Å². The van der Waals surface area contributed by atoms with Crippen LogP contribution in [-0.2, 0) is 6.54 Å². The van der Waals surface area contributed by atoms with Crippen LogP contribution in [0.25, 0.3) is 17.0 Å². The number of likely N-dealkylation sites (tertiary alicyclic amines) is 1. The molecule has 176 valence electrons. The molecule has 0 spiro atoms. The lowest BCUT2D eigenvalue weighted by molar-refractivity contribution is 0.0686. The van der Waals surface area contributed by atoms with Crippen molar-refractivity contribution in [2.24, 2.45) is 5.73 Å². The topological polar surface area (TPSA) is 128 Å². The van der Waals surface area contributed by atoms with E-state index in [0.717, 1.165) is 48.1 Å². The number of carboxylic acid groups (broad SMARTS) is 1. The fourth-order valence-corrected chi connectivity index (χ4v) is 4.30. The predicted octanol–water partition coefficient (Wildman–Crippen LogP) is 4.18. The zero-order chi connectivity index (χ0) is 24.2. The molecule has 0 aliphatic carbocycles. The third-order valence-corrected chi connectivity index (χ3v) is 6.11. The smallest absolute Gasteiger partial charge is 0.352 e. The number of aromatic nitrogens is 1. The van der Waals surface area contributed by atoms with Gasteiger partial charge >= 0.3 is 5.97 Å². The van der Waals surface area contributed by atoms with Gasteiger partial charge in [-0.1, -0.05) is 30.4 Å². The van der Waals surface area contributed by atoms with E-state index in [-0.39, 0.29) is 17.6 Å². The highest BCUT2D eigenvalue weighted by molar-refractivity contribution is 5.96. The summed E-state index contributed by atoms with van der Waals surface area (Å²) in [5, 5.41) is 25.9. The first-order valence-electron chi connectivity index (χ1n) is 11.3. The maximum Gasteiger partial charge on any atom is 0.352 e. The largest absolute Gasteiger partial charge is 0.490 e. The van der Waals surface area contributed by atoms with E-state index in [1.54, 1.807) is 23.6 Å². The number of carbonyl (C=O) groups is 1. The van der Waals surface area contributed by atoms with Gasteiger partial charge in [0.15, 0.2) is 0 Å². The second kappa shape index (κ2) is 9.82. The average Bonchev–Trinajstić information content (AvgIpc) is 3.18. The van der Waals surface area contributed by atoms with E-state index < -0.39 is 5.97 Å². The molecular weight excluding hydrogens is 430 g/mol. The van der Waals surface area contributed by atoms with Crippen molar-refractivity contribution < 1.29 is 14.6 Å². The Bertz CT molecular complexity index is 1270. The van der Waals surface area contributed by atoms with Gasteiger partial charge in [-0.2, -0.15) is 0 Å². The van der Waals surface area contributed by atoms with E-state index >= 15 is 0 Å². The van der Waals surface area contributed by atoms with Crippen molar-refractivity contribution in [3.63, 3.8) is 0 Å². The Labute approximate surface area is 198 Å². The number of nitrogens with zero attached hydrogens (tertiary/aromatic N) is 2. The normalized spacial score (nSPS) is 14.6. The van der Waals surface area contributed by atoms with Crippen molar-refractivity contribution in [2.45, 2.75) is 32.4 Å². The van der Waals surface area contributed by atoms with Crippen molar-refractivity contribution in [2.75, 3.05) is 13.1 Å². The molecule has 0 bridgehead atoms. The number of benzene rings is 2. The summed E-state index contributed by atoms with van der Waals surface area (Å²) in [6.45, 7) is 3.81. The number of piperidine rings is 1. The van der Waals surface area contributed by atoms with Gasteiger partial charge in [0, 0.05) is 48.9 Å². The van der Waals surface area contributed by atoms with E-state index in [4.69, 9.17) is 21.3 Å². The predicted molar refractivity (Wildman–Crippen MR) is 134 cm³/mol. The molecule has 1 fully saturated rings. The van der Waals surface area contributed by atoms with E-state index in [0.29, 0.717) is 17.9 Å². The minimum Gasteiger partial charge on any atom is -0.490 e. The van der Waals surface area contributed by atoms with Crippen LogP contribution in [0.4, 0.5) is 0 Å². The van der Waals surface area contributed by atoms with Crippen LogP contribution in [0, 0.1) is 10.8 Å². The van der Waals surface area contributed by atoms with Crippen molar-refractivity contribution in [1.29, 1.82) is 10.8 Å². The summed E-state index contributed by atoms with van der Waals surface area (Å²) in [6.07, 6.45) is 5.58. The first-order valence-corrected chi connectivity index (χ1v) is 11.3. The first kappa shape index (κ1) is 23.1. The number of nitrogens with two attached hydrogens (primary N) is 1. The molecule has 0 atom stereocenters. The van der Waals surface area contributed by atoms with E-state index in [1.165, 1.54) is 0 Å². The Kier molecular flexibility index (Phi) is 6.67. The van der Waals surface area contributed by atoms with Gasteiger partial charge < -0.3 is 25.0 Å². The molecule has 0 amide bonds. The summed E-state index contributed by atoms with van der Waals surface area (Å²) in [4.78, 5) is 13.9. The highest BCUT2D eigenvalue weighted by atomic mass is 16.5. The maximum atomic E-state index is 11.9. The van der Waals surface area contributed by atoms with Gasteiger partial charge in [-0.05, 0) is 42.8 Å². The number of amidine groups is 2. The monoisotopic (exact) mass is 459 g/mol. The third-order valence-electron chi connectivity index (χ3n) is 6.11. The molecule has 8 heteroatoms. The Morgan fingerprint density at radius 1 is 1.18 bits per heavy atom. The number of rotatable bonds is 7. The third kappa shape index (κ3) is 5.11. The quantitative estimate of drug-likeness (QED) is 0.311. The van der Waals surface area contributed by atoms with Gasteiger partial charge in [-0.15, -0.1) is 0 Å². The second-order valence-corrected chi connectivity index (χ2v) is 8.50. The Morgan fingerprint density at radius 3 is 2.62 bits per heavy atom. The van der Waals surface area contributed by atoms with Crippen LogP contribution in [0.5, 0.6) is 5.75 Å². The van der Waals surface area contributed by atoms with Crippen molar-refractivity contribution in [3.05, 3.63) is 71.4 Å². The van der Waals surface area contributed by atoms with Crippen LogP contribution in [0.3, 0.4) is 0 Å². The second-order valence-electron chi connectivity index (χ2n) is 8.50. The summed E-state index contributed by atoms with van der Waals surface area (Å²) in [5.74, 6) is 0.333. The molecule has 2 aromatic carbocycles. The summed E-state index contributed by atoms with van der Waals surface area (Å²) in [7, 11) is 0. The lowest BCUT2D eigenvalue weighted by Gasteiger charge is -2.32. The van der Waals surface area contributed by atoms with Crippen molar-refractivity contribution in [1.82, 2.24) is 9.47 Å². The number of nitrogen functional groups attached to an aromatic ring is 1. The highest BCUT2D eigenvalue weighted by Gasteiger charge is 2.21. The summed E-state index contributed by atoms with van der Waals surface area (Å²) < 4.78 is 7.94. The number of carboxylic acids is 1. The van der Waals surface area contributed by atoms with Gasteiger partial charge in [0.05, 0.1) is 5.84 Å². The van der Waals surface area contributed by atoms with Gasteiger partial charge in [0.2, 0.25) is 0 Å². The molecule has 2 heterocycles. The SMILES string of the molecule is CC(=N)N1CCC(Oc2ccc3c(c2)cc(C(=O)O)n3C/C=C/c2cccc(C(=N)N)c2)CC1. The Balaban J connectivity index is 1.51. The number of hydrogen-bond acceptors (Lipinski definition) is 4. The van der Waals surface area contributed by atoms with E-state index in [1.807, 2.05) is 53.5 Å². The lowest BCUT2D eigenvalue weighted by Crippen LogP contribution is -2.40. The standard InChI is InChI=1S/C26H29N5O3/c1-17(27)30-12-9-21(10-13-30)34-22-7-8-23-20(15-22)16-24(26(32)33)31(23)11-3-5-18-4-2-6-19(14-18)25(28)29/h2-8,14-16,21,27H,9-13H2,1H3,(H3,28,29)(H,32,33)/b5-3+,27-17?. The highest BCUT2D eigenvalue weighted by Crippen LogP contribution is 2.27. The molecule has 34 heavy (non-hydrogen) atoms. The number of ether oxygens (including phenoxy) is 1. The molecule has 1 aromatic heterocycles. The van der Waals surface area contributed by atoms with E-state index in [9.17, 15) is 9.90 Å². The van der Waals surface area contributed by atoms with Gasteiger partial charge in [0.1, 0.15) is 23.4 Å². The molecule has 1 aliphatic heterocycles. The van der Waals surface area contributed by atoms with Crippen LogP contribution >= 0.6 is 0 Å². The zero-order valence-corrected chi connectivity index (χ0v) is 19.1. The number of fused-ring (bicyclic) bond motifs is 1. The first-order chi connectivity index (χ1) is 16.3. The van der Waals surface area contributed by atoms with Crippen molar-refractivity contribution >= 4 is 34.6 Å². The number of hydrogen-bond donors (Lipinski definition) is 4. The number of nitrogens with one attached hydrogen (secondary N) is 2. The average molecular weight is 460 g/mol. The molecule has 8 nitrogen and oxygen atoms in total. The molecular formula is C26H29N5O3. The zero-order valence-electron chi connectivity index (χ0n) is 19.1. The van der Waals surface area contributed by atoms with Gasteiger partial charge in [-0.3, -0.25) is 10.8 Å². The van der Waals surface area contributed by atoms with Crippen LogP contribution in [0.2, 0.25) is 0 Å². The molecule has 4 rings (SSSR count). The summed E-state index contributed by atoms with van der Waals surface area (Å²) in [5.41, 5.74) is 8.13. The van der Waals surface area contributed by atoms with Gasteiger partial charge in [0.25, 0.3) is 0 Å². The molecule has 1 saturated heterocycles. The Morgan fingerprint density at radius 2 is 1.94 bits per heavy atom. The molecule has 0 radical (unpaired) electrons. The number of aromatic carboxylic acids is 1. The minimum atomic E-state index is -0.986. The maximum absolute atomic E-state index is 11.9. The Hall–Kier alpha value is -4.07. The fourth-order valence-electron chi connectivity index (χ4n) is 4.30. The molecule has 5 N–H and O–H groups in total. The molecule has 3 aromatic rings. The molecule has 0 saturated carbocycles.